The van der Waals surface area contributed by atoms with Gasteiger partial charge in [0.15, 0.2) is 0 Å². The van der Waals surface area contributed by atoms with E-state index in [1.54, 1.807) is 7.05 Å². The largest absolute Gasteiger partial charge is 0.382 e. The van der Waals surface area contributed by atoms with Gasteiger partial charge in [-0.05, 0) is 49.1 Å². The predicted molar refractivity (Wildman–Crippen MR) is 88.4 cm³/mol. The third-order valence-corrected chi connectivity index (χ3v) is 4.72. The predicted octanol–water partition coefficient (Wildman–Crippen LogP) is 3.60. The molecule has 1 aromatic rings. The molecule has 2 rings (SSSR count). The van der Waals surface area contributed by atoms with Crippen molar-refractivity contribution in [3.05, 3.63) is 29.8 Å². The number of nitrogens with one attached hydrogen (secondary N) is 2. The number of hydrogen-bond donors (Lipinski definition) is 2. The van der Waals surface area contributed by atoms with Gasteiger partial charge < -0.3 is 10.6 Å². The molecule has 1 aliphatic rings. The topological polar surface area (TPSA) is 41.1 Å². The molecule has 0 unspecified atom stereocenters. The summed E-state index contributed by atoms with van der Waals surface area (Å²) < 4.78 is 0. The lowest BCUT2D eigenvalue weighted by atomic mass is 9.79. The fraction of sp³-hybridized carbons (Fsp3) is 0.611. The van der Waals surface area contributed by atoms with Gasteiger partial charge in [0.05, 0.1) is 6.42 Å². The molecule has 0 aromatic heterocycles. The average molecular weight is 288 g/mol. The van der Waals surface area contributed by atoms with Gasteiger partial charge in [0.25, 0.3) is 0 Å². The Morgan fingerprint density at radius 3 is 2.48 bits per heavy atom. The van der Waals surface area contributed by atoms with Crippen LogP contribution in [0.1, 0.15) is 45.1 Å². The molecule has 1 aliphatic carbocycles. The van der Waals surface area contributed by atoms with E-state index in [0.29, 0.717) is 12.5 Å². The highest BCUT2D eigenvalue weighted by Crippen LogP contribution is 2.31. The van der Waals surface area contributed by atoms with Crippen molar-refractivity contribution in [3.8, 4) is 0 Å². The van der Waals surface area contributed by atoms with E-state index in [-0.39, 0.29) is 5.91 Å². The number of rotatable bonds is 5. The molecule has 2 N–H and O–H groups in total. The van der Waals surface area contributed by atoms with Crippen LogP contribution in [0.15, 0.2) is 24.3 Å². The van der Waals surface area contributed by atoms with Gasteiger partial charge in [-0.3, -0.25) is 4.79 Å². The Labute approximate surface area is 128 Å². The Balaban J connectivity index is 1.96. The molecule has 0 atom stereocenters. The second kappa shape index (κ2) is 7.48. The van der Waals surface area contributed by atoms with Gasteiger partial charge in [-0.2, -0.15) is 0 Å². The van der Waals surface area contributed by atoms with Gasteiger partial charge >= 0.3 is 0 Å². The molecule has 1 saturated carbocycles. The summed E-state index contributed by atoms with van der Waals surface area (Å²) in [5.41, 5.74) is 2.21. The Bertz CT molecular complexity index is 462. The monoisotopic (exact) mass is 288 g/mol. The Morgan fingerprint density at radius 2 is 1.86 bits per heavy atom. The van der Waals surface area contributed by atoms with Crippen molar-refractivity contribution in [2.45, 2.75) is 52.0 Å². The summed E-state index contributed by atoms with van der Waals surface area (Å²) in [5.74, 6) is 1.74. The van der Waals surface area contributed by atoms with Crippen molar-refractivity contribution in [3.63, 3.8) is 0 Å². The zero-order valence-electron chi connectivity index (χ0n) is 13.5. The molecule has 1 amide bonds. The molecule has 0 radical (unpaired) electrons. The number of hydrogen-bond acceptors (Lipinski definition) is 2. The smallest absolute Gasteiger partial charge is 0.224 e. The highest BCUT2D eigenvalue weighted by molar-refractivity contribution is 5.80. The highest BCUT2D eigenvalue weighted by atomic mass is 16.1. The van der Waals surface area contributed by atoms with Crippen LogP contribution in [-0.2, 0) is 11.2 Å². The van der Waals surface area contributed by atoms with Crippen LogP contribution in [0.3, 0.4) is 0 Å². The zero-order chi connectivity index (χ0) is 15.2. The highest BCUT2D eigenvalue weighted by Gasteiger charge is 2.23. The molecular formula is C18H28N2O. The van der Waals surface area contributed by atoms with E-state index in [1.807, 2.05) is 18.2 Å². The van der Waals surface area contributed by atoms with Crippen LogP contribution in [0, 0.1) is 11.8 Å². The summed E-state index contributed by atoms with van der Waals surface area (Å²) >= 11 is 0. The SMILES string of the molecule is CNC(=O)Cc1ccccc1NC1CCC(C(C)C)CC1. The number of benzene rings is 1. The fourth-order valence-corrected chi connectivity index (χ4v) is 3.23. The minimum absolute atomic E-state index is 0.0627. The Hall–Kier alpha value is -1.51. The second-order valence-corrected chi connectivity index (χ2v) is 6.51. The van der Waals surface area contributed by atoms with Gasteiger partial charge in [0.2, 0.25) is 5.91 Å². The summed E-state index contributed by atoms with van der Waals surface area (Å²) in [7, 11) is 1.69. The van der Waals surface area contributed by atoms with Crippen LogP contribution in [0.25, 0.3) is 0 Å². The lowest BCUT2D eigenvalue weighted by Crippen LogP contribution is -2.28. The summed E-state index contributed by atoms with van der Waals surface area (Å²) in [4.78, 5) is 11.6. The third kappa shape index (κ3) is 4.48. The number of carbonyl (C=O) groups excluding carboxylic acids is 1. The van der Waals surface area contributed by atoms with E-state index >= 15 is 0 Å². The standard InChI is InChI=1S/C18H28N2O/c1-13(2)14-8-10-16(11-9-14)20-17-7-5-4-6-15(17)12-18(21)19-3/h4-7,13-14,16,20H,8-12H2,1-3H3,(H,19,21). The molecule has 0 aliphatic heterocycles. The second-order valence-electron chi connectivity index (χ2n) is 6.51. The van der Waals surface area contributed by atoms with Crippen molar-refractivity contribution in [1.82, 2.24) is 5.32 Å². The molecule has 0 spiro atoms. The normalized spacial score (nSPS) is 22.1. The minimum atomic E-state index is 0.0627. The van der Waals surface area contributed by atoms with E-state index in [0.717, 1.165) is 23.1 Å². The third-order valence-electron chi connectivity index (χ3n) is 4.72. The minimum Gasteiger partial charge on any atom is -0.382 e. The molecule has 21 heavy (non-hydrogen) atoms. The summed E-state index contributed by atoms with van der Waals surface area (Å²) in [6.07, 6.45) is 5.54. The zero-order valence-corrected chi connectivity index (χ0v) is 13.5. The van der Waals surface area contributed by atoms with Gasteiger partial charge in [-0.25, -0.2) is 0 Å². The molecule has 0 bridgehead atoms. The Kier molecular flexibility index (Phi) is 5.66. The first-order valence-corrected chi connectivity index (χ1v) is 8.15. The molecule has 3 nitrogen and oxygen atoms in total. The molecule has 116 valence electrons. The summed E-state index contributed by atoms with van der Waals surface area (Å²) in [6, 6.07) is 8.71. The number of carbonyl (C=O) groups is 1. The van der Waals surface area contributed by atoms with E-state index < -0.39 is 0 Å². The number of anilines is 1. The quantitative estimate of drug-likeness (QED) is 0.869. The van der Waals surface area contributed by atoms with Crippen LogP contribution in [0.2, 0.25) is 0 Å². The molecule has 1 aromatic carbocycles. The first-order chi connectivity index (χ1) is 10.1. The molecular weight excluding hydrogens is 260 g/mol. The van der Waals surface area contributed by atoms with Crippen molar-refractivity contribution in [2.75, 3.05) is 12.4 Å². The Morgan fingerprint density at radius 1 is 1.19 bits per heavy atom. The van der Waals surface area contributed by atoms with E-state index in [1.165, 1.54) is 25.7 Å². The van der Waals surface area contributed by atoms with Crippen LogP contribution in [0.5, 0.6) is 0 Å². The van der Waals surface area contributed by atoms with Crippen molar-refractivity contribution >= 4 is 11.6 Å². The van der Waals surface area contributed by atoms with Crippen molar-refractivity contribution in [2.24, 2.45) is 11.8 Å². The number of para-hydroxylation sites is 1. The maximum atomic E-state index is 11.6. The number of likely N-dealkylation sites (N-methyl/N-ethyl adjacent to an activating group) is 1. The van der Waals surface area contributed by atoms with Gasteiger partial charge in [0, 0.05) is 18.8 Å². The average Bonchev–Trinajstić information content (AvgIpc) is 2.49. The first kappa shape index (κ1) is 15.9. The van der Waals surface area contributed by atoms with Crippen LogP contribution < -0.4 is 10.6 Å². The number of amides is 1. The van der Waals surface area contributed by atoms with Crippen LogP contribution in [0.4, 0.5) is 5.69 Å². The van der Waals surface area contributed by atoms with Crippen LogP contribution in [-0.4, -0.2) is 19.0 Å². The fourth-order valence-electron chi connectivity index (χ4n) is 3.23. The molecule has 1 fully saturated rings. The van der Waals surface area contributed by atoms with Crippen LogP contribution >= 0.6 is 0 Å². The lowest BCUT2D eigenvalue weighted by molar-refractivity contribution is -0.119. The van der Waals surface area contributed by atoms with Crippen molar-refractivity contribution < 1.29 is 4.79 Å². The maximum absolute atomic E-state index is 11.6. The molecule has 0 heterocycles. The summed E-state index contributed by atoms with van der Waals surface area (Å²) in [5, 5.41) is 6.35. The van der Waals surface area contributed by atoms with E-state index in [2.05, 4.69) is 30.5 Å². The lowest BCUT2D eigenvalue weighted by Gasteiger charge is -2.32. The first-order valence-electron chi connectivity index (χ1n) is 8.15. The molecule has 3 heteroatoms. The van der Waals surface area contributed by atoms with E-state index in [9.17, 15) is 4.79 Å². The maximum Gasteiger partial charge on any atom is 0.224 e. The molecule has 0 saturated heterocycles. The van der Waals surface area contributed by atoms with Crippen molar-refractivity contribution in [1.29, 1.82) is 0 Å². The van der Waals surface area contributed by atoms with Gasteiger partial charge in [-0.1, -0.05) is 32.0 Å². The van der Waals surface area contributed by atoms with E-state index in [4.69, 9.17) is 0 Å². The van der Waals surface area contributed by atoms with Gasteiger partial charge in [0.1, 0.15) is 0 Å². The summed E-state index contributed by atoms with van der Waals surface area (Å²) in [6.45, 7) is 4.66. The van der Waals surface area contributed by atoms with Gasteiger partial charge in [-0.15, -0.1) is 0 Å².